The average molecular weight is 947 g/mol. The molecule has 5 aromatic heterocycles. The van der Waals surface area contributed by atoms with Crippen molar-refractivity contribution in [2.75, 3.05) is 99.2 Å². The molecular formula is C50H54F4N12O3. The van der Waals surface area contributed by atoms with Gasteiger partial charge in [0.05, 0.1) is 108 Å². The predicted octanol–water partition coefficient (Wildman–Crippen LogP) is 7.86. The number of benzene rings is 2. The van der Waals surface area contributed by atoms with E-state index < -0.39 is 29.6 Å². The van der Waals surface area contributed by atoms with Crippen molar-refractivity contribution in [3.8, 4) is 0 Å². The molecule has 0 aliphatic carbocycles. The van der Waals surface area contributed by atoms with Gasteiger partial charge in [0.25, 0.3) is 0 Å². The van der Waals surface area contributed by atoms with E-state index in [4.69, 9.17) is 23.9 Å². The fourth-order valence-corrected chi connectivity index (χ4v) is 10.8. The molecule has 0 amide bonds. The number of rotatable bonds is 10. The number of pyridine rings is 2. The number of furan rings is 1. The Hall–Kier alpha value is -6.28. The van der Waals surface area contributed by atoms with Gasteiger partial charge in [-0.2, -0.15) is 23.4 Å². The molecule has 2 N–H and O–H groups in total. The van der Waals surface area contributed by atoms with Crippen LogP contribution in [0.5, 0.6) is 0 Å². The maximum absolute atomic E-state index is 15.5. The number of piperazine rings is 2. The number of para-hydroxylation sites is 1. The molecule has 15 nitrogen and oxygen atoms in total. The van der Waals surface area contributed by atoms with Crippen LogP contribution in [-0.2, 0) is 22.1 Å². The van der Waals surface area contributed by atoms with Crippen molar-refractivity contribution in [2.24, 2.45) is 0 Å². The first-order valence-corrected chi connectivity index (χ1v) is 23.7. The van der Waals surface area contributed by atoms with Crippen molar-refractivity contribution in [2.45, 2.75) is 64.5 Å². The third-order valence-electron chi connectivity index (χ3n) is 14.5. The molecule has 11 rings (SSSR count). The van der Waals surface area contributed by atoms with E-state index in [9.17, 15) is 4.39 Å². The lowest BCUT2D eigenvalue weighted by Crippen LogP contribution is -2.58. The van der Waals surface area contributed by atoms with Crippen molar-refractivity contribution in [1.29, 1.82) is 0 Å². The first-order chi connectivity index (χ1) is 33.4. The summed E-state index contributed by atoms with van der Waals surface area (Å²) in [6.07, 6.45) is -0.177. The van der Waals surface area contributed by atoms with Crippen LogP contribution >= 0.6 is 0 Å². The standard InChI is InChI=1S/C50H54F4N12O3/c1-28-37(29(2)57-48-40-19-33(21-55-45(40)31(4)59-61-48)65-12-10-63-14-16-67-25-35(63)23-65)9-8-32(44(28)50(52,53)54)18-43-46-41(20-34(22-56-46)66-13-11-64-15-17-68-26-36(64)24-66)49(62-60-43)58-30(3)38-6-5-7-39-42(51)27-69-47(38)39/h5-9,19-22,27,29-30,35-36H,10-18,23-26H2,1-4H3,(H,57,61)(H,58,62)/t29-,30-,35+,36+/m1/s1. The Balaban J connectivity index is 0.911. The molecule has 4 fully saturated rings. The first-order valence-electron chi connectivity index (χ1n) is 23.7. The Bertz CT molecular complexity index is 3060. The van der Waals surface area contributed by atoms with Crippen LogP contribution in [0, 0.1) is 19.7 Å². The van der Waals surface area contributed by atoms with Gasteiger partial charge in [-0.25, -0.2) is 4.39 Å². The SMILES string of the molecule is Cc1c([C@@H](C)Nc2nnc(C)c3ncc(N4CCN5CCOC[C@@H]5C4)cc23)ccc(Cc2nnc(N[C@H](C)c3cccc4c(F)coc34)c3cc(N4CCN5CCOC[C@@H]5C4)cnc23)c1C(F)(F)F. The zero-order valence-corrected chi connectivity index (χ0v) is 39.0. The van der Waals surface area contributed by atoms with Crippen LogP contribution in [0.4, 0.5) is 40.6 Å². The fourth-order valence-electron chi connectivity index (χ4n) is 10.8. The highest BCUT2D eigenvalue weighted by Gasteiger charge is 2.38. The van der Waals surface area contributed by atoms with Gasteiger partial charge in [-0.1, -0.05) is 24.3 Å². The number of ether oxygens (including phenoxy) is 2. The number of hydrogen-bond donors (Lipinski definition) is 2. The van der Waals surface area contributed by atoms with Crippen molar-refractivity contribution < 1.29 is 31.5 Å². The third-order valence-corrected chi connectivity index (χ3v) is 14.5. The molecular weight excluding hydrogens is 893 g/mol. The number of nitrogens with one attached hydrogen (secondary N) is 2. The Morgan fingerprint density at radius 1 is 0.710 bits per heavy atom. The minimum Gasteiger partial charge on any atom is -0.461 e. The zero-order chi connectivity index (χ0) is 47.6. The highest BCUT2D eigenvalue weighted by Crippen LogP contribution is 2.41. The van der Waals surface area contributed by atoms with Gasteiger partial charge in [0, 0.05) is 75.1 Å². The number of anilines is 4. The summed E-state index contributed by atoms with van der Waals surface area (Å²) in [5.74, 6) is 0.363. The van der Waals surface area contributed by atoms with Crippen LogP contribution in [0.2, 0.25) is 0 Å². The summed E-state index contributed by atoms with van der Waals surface area (Å²) in [5, 5.41) is 26.6. The summed E-state index contributed by atoms with van der Waals surface area (Å²) >= 11 is 0. The molecule has 0 bridgehead atoms. The van der Waals surface area contributed by atoms with Crippen LogP contribution in [0.1, 0.15) is 65.1 Å². The maximum Gasteiger partial charge on any atom is 0.416 e. The monoisotopic (exact) mass is 946 g/mol. The van der Waals surface area contributed by atoms with Crippen molar-refractivity contribution in [3.63, 3.8) is 0 Å². The molecule has 0 saturated carbocycles. The number of aromatic nitrogens is 6. The summed E-state index contributed by atoms with van der Waals surface area (Å²) in [4.78, 5) is 19.2. The number of halogens is 4. The Morgan fingerprint density at radius 3 is 1.97 bits per heavy atom. The molecule has 7 aromatic rings. The third kappa shape index (κ3) is 8.63. The number of hydrogen-bond acceptors (Lipinski definition) is 15. The van der Waals surface area contributed by atoms with Gasteiger partial charge >= 0.3 is 6.18 Å². The largest absolute Gasteiger partial charge is 0.461 e. The predicted molar refractivity (Wildman–Crippen MR) is 255 cm³/mol. The smallest absolute Gasteiger partial charge is 0.416 e. The van der Waals surface area contributed by atoms with E-state index in [1.807, 2.05) is 45.2 Å². The lowest BCUT2D eigenvalue weighted by molar-refractivity contribution is -0.138. The van der Waals surface area contributed by atoms with Crippen LogP contribution < -0.4 is 20.4 Å². The summed E-state index contributed by atoms with van der Waals surface area (Å²) in [7, 11) is 0. The minimum absolute atomic E-state index is 0.0457. The quantitative estimate of drug-likeness (QED) is 0.128. The van der Waals surface area contributed by atoms with Gasteiger partial charge in [0.2, 0.25) is 0 Å². The Kier molecular flexibility index (Phi) is 11.9. The molecule has 9 heterocycles. The van der Waals surface area contributed by atoms with Gasteiger partial charge in [-0.05, 0) is 62.6 Å². The molecule has 69 heavy (non-hydrogen) atoms. The molecule has 4 aliphatic heterocycles. The van der Waals surface area contributed by atoms with Crippen LogP contribution in [0.25, 0.3) is 32.8 Å². The Morgan fingerprint density at radius 2 is 1.32 bits per heavy atom. The van der Waals surface area contributed by atoms with Gasteiger partial charge in [0.15, 0.2) is 17.5 Å². The molecule has 4 atom stereocenters. The average Bonchev–Trinajstić information content (AvgIpc) is 3.74. The molecule has 2 aromatic carbocycles. The van der Waals surface area contributed by atoms with Gasteiger partial charge in [-0.3, -0.25) is 19.8 Å². The topological polar surface area (TPSA) is 146 Å². The second-order valence-corrected chi connectivity index (χ2v) is 18.8. The Labute approximate surface area is 396 Å². The number of morpholine rings is 2. The van der Waals surface area contributed by atoms with E-state index in [0.717, 1.165) is 82.0 Å². The second kappa shape index (κ2) is 18.2. The van der Waals surface area contributed by atoms with Crippen molar-refractivity contribution in [3.05, 3.63) is 106 Å². The summed E-state index contributed by atoms with van der Waals surface area (Å²) in [6, 6.07) is 12.1. The molecule has 0 spiro atoms. The molecule has 4 saturated heterocycles. The highest BCUT2D eigenvalue weighted by molar-refractivity contribution is 5.94. The summed E-state index contributed by atoms with van der Waals surface area (Å²) in [5.41, 5.74) is 4.79. The maximum atomic E-state index is 15.5. The molecule has 4 aliphatic rings. The highest BCUT2D eigenvalue weighted by atomic mass is 19.4. The minimum atomic E-state index is -4.70. The van der Waals surface area contributed by atoms with E-state index in [1.165, 1.54) is 13.0 Å². The van der Waals surface area contributed by atoms with E-state index in [0.29, 0.717) is 87.4 Å². The lowest BCUT2D eigenvalue weighted by atomic mass is 9.90. The van der Waals surface area contributed by atoms with Crippen molar-refractivity contribution in [1.82, 2.24) is 40.2 Å². The summed E-state index contributed by atoms with van der Waals surface area (Å²) < 4.78 is 78.1. The van der Waals surface area contributed by atoms with Crippen LogP contribution in [0.3, 0.4) is 0 Å². The number of aryl methyl sites for hydroxylation is 1. The summed E-state index contributed by atoms with van der Waals surface area (Å²) in [6.45, 7) is 16.6. The van der Waals surface area contributed by atoms with Crippen LogP contribution in [0.15, 0.2) is 65.5 Å². The van der Waals surface area contributed by atoms with E-state index in [-0.39, 0.29) is 23.6 Å². The number of alkyl halides is 3. The zero-order valence-electron chi connectivity index (χ0n) is 39.0. The van der Waals surface area contributed by atoms with Gasteiger partial charge in [-0.15, -0.1) is 10.2 Å². The van der Waals surface area contributed by atoms with Gasteiger partial charge < -0.3 is 34.3 Å². The van der Waals surface area contributed by atoms with E-state index in [2.05, 4.69) is 50.6 Å². The molecule has 0 radical (unpaired) electrons. The number of fused-ring (bicyclic) bond motifs is 5. The molecule has 0 unspecified atom stereocenters. The second-order valence-electron chi connectivity index (χ2n) is 18.8. The molecule has 360 valence electrons. The van der Waals surface area contributed by atoms with Gasteiger partial charge in [0.1, 0.15) is 11.8 Å². The first kappa shape index (κ1) is 45.2. The lowest BCUT2D eigenvalue weighted by Gasteiger charge is -2.44. The normalized spacial score (nSPS) is 20.3. The fraction of sp³-hybridized carbons (Fsp3) is 0.440. The van der Waals surface area contributed by atoms with E-state index >= 15 is 13.2 Å². The molecule has 19 heteroatoms. The van der Waals surface area contributed by atoms with Crippen LogP contribution in [-0.4, -0.2) is 131 Å². The number of nitrogens with zero attached hydrogens (tertiary/aromatic N) is 10. The van der Waals surface area contributed by atoms with E-state index in [1.54, 1.807) is 24.4 Å². The van der Waals surface area contributed by atoms with Crippen molar-refractivity contribution >= 4 is 55.8 Å².